The molecule has 0 amide bonds. The van der Waals surface area contributed by atoms with Gasteiger partial charge in [-0.1, -0.05) is 24.3 Å². The number of rotatable bonds is 9. The van der Waals surface area contributed by atoms with Crippen LogP contribution in [0.3, 0.4) is 0 Å². The molecule has 0 unspecified atom stereocenters. The first kappa shape index (κ1) is 15.0. The summed E-state index contributed by atoms with van der Waals surface area (Å²) in [5, 5.41) is 5.54. The minimum atomic E-state index is 0.593. The molecule has 1 aromatic carbocycles. The molecule has 0 spiro atoms. The highest BCUT2D eigenvalue weighted by molar-refractivity contribution is 7.09. The molecule has 2 aromatic rings. The quantitative estimate of drug-likeness (QED) is 0.718. The van der Waals surface area contributed by atoms with Crippen molar-refractivity contribution in [1.29, 1.82) is 0 Å². The Kier molecular flexibility index (Phi) is 6.57. The fourth-order valence-electron chi connectivity index (χ4n) is 1.88. The number of benzene rings is 1. The lowest BCUT2D eigenvalue weighted by Gasteiger charge is -2.12. The van der Waals surface area contributed by atoms with Crippen LogP contribution in [0, 0.1) is 0 Å². The van der Waals surface area contributed by atoms with Crippen molar-refractivity contribution in [2.24, 2.45) is 0 Å². The summed E-state index contributed by atoms with van der Waals surface area (Å²) in [5.41, 5.74) is 1.18. The van der Waals surface area contributed by atoms with E-state index in [1.165, 1.54) is 10.4 Å². The van der Waals surface area contributed by atoms with Crippen molar-refractivity contribution in [2.75, 3.05) is 19.8 Å². The Morgan fingerprint density at radius 1 is 1.05 bits per heavy atom. The van der Waals surface area contributed by atoms with Gasteiger partial charge < -0.3 is 14.8 Å². The van der Waals surface area contributed by atoms with Crippen molar-refractivity contribution in [3.05, 3.63) is 52.2 Å². The maximum atomic E-state index is 5.76. The Morgan fingerprint density at radius 3 is 2.75 bits per heavy atom. The number of hydrogen-bond donors (Lipinski definition) is 1. The summed E-state index contributed by atoms with van der Waals surface area (Å²) in [5.74, 6) is 0.936. The Hall–Kier alpha value is -1.36. The molecule has 0 bridgehead atoms. The number of hydrogen-bond acceptors (Lipinski definition) is 4. The Labute approximate surface area is 124 Å². The second-order valence-electron chi connectivity index (χ2n) is 4.34. The summed E-state index contributed by atoms with van der Waals surface area (Å²) in [7, 11) is 0. The van der Waals surface area contributed by atoms with E-state index in [1.807, 2.05) is 25.1 Å². The number of nitrogens with one attached hydrogen (secondary N) is 1. The number of thiophene rings is 1. The van der Waals surface area contributed by atoms with Gasteiger partial charge in [0.2, 0.25) is 0 Å². The third kappa shape index (κ3) is 4.96. The maximum absolute atomic E-state index is 5.76. The summed E-state index contributed by atoms with van der Waals surface area (Å²) >= 11 is 1.77. The minimum Gasteiger partial charge on any atom is -0.491 e. The topological polar surface area (TPSA) is 30.5 Å². The molecule has 1 heterocycles. The zero-order valence-corrected chi connectivity index (χ0v) is 12.6. The third-order valence-corrected chi connectivity index (χ3v) is 3.73. The third-order valence-electron chi connectivity index (χ3n) is 2.86. The molecule has 0 fully saturated rings. The standard InChI is InChI=1S/C16H21NO2S/c1-2-18-9-10-19-16-8-4-3-6-14(16)12-17-13-15-7-5-11-20-15/h3-8,11,17H,2,9-10,12-13H2,1H3. The van der Waals surface area contributed by atoms with Crippen molar-refractivity contribution < 1.29 is 9.47 Å². The fraction of sp³-hybridized carbons (Fsp3) is 0.375. The Bertz CT molecular complexity index is 485. The largest absolute Gasteiger partial charge is 0.491 e. The molecule has 0 radical (unpaired) electrons. The molecule has 1 aromatic heterocycles. The van der Waals surface area contributed by atoms with E-state index < -0.39 is 0 Å². The van der Waals surface area contributed by atoms with E-state index in [0.717, 1.165) is 25.4 Å². The summed E-state index contributed by atoms with van der Waals surface area (Å²) in [6.45, 7) is 5.65. The van der Waals surface area contributed by atoms with Crippen molar-refractivity contribution >= 4 is 11.3 Å². The van der Waals surface area contributed by atoms with E-state index in [0.29, 0.717) is 13.2 Å². The molecule has 4 heteroatoms. The lowest BCUT2D eigenvalue weighted by Crippen LogP contribution is -2.14. The zero-order valence-electron chi connectivity index (χ0n) is 11.8. The Morgan fingerprint density at radius 2 is 1.95 bits per heavy atom. The number of ether oxygens (including phenoxy) is 2. The average molecular weight is 291 g/mol. The van der Waals surface area contributed by atoms with Gasteiger partial charge >= 0.3 is 0 Å². The first-order valence-electron chi connectivity index (χ1n) is 6.91. The van der Waals surface area contributed by atoms with Gasteiger partial charge in [0.15, 0.2) is 0 Å². The summed E-state index contributed by atoms with van der Waals surface area (Å²) in [6, 6.07) is 12.4. The van der Waals surface area contributed by atoms with Gasteiger partial charge in [-0.2, -0.15) is 0 Å². The van der Waals surface area contributed by atoms with Gasteiger partial charge in [0.25, 0.3) is 0 Å². The van der Waals surface area contributed by atoms with Crippen LogP contribution in [0.25, 0.3) is 0 Å². The summed E-state index contributed by atoms with van der Waals surface area (Å²) in [4.78, 5) is 1.35. The predicted molar refractivity (Wildman–Crippen MR) is 83.3 cm³/mol. The molecular formula is C16H21NO2S. The molecular weight excluding hydrogens is 270 g/mol. The van der Waals surface area contributed by atoms with Crippen LogP contribution in [0.4, 0.5) is 0 Å². The second kappa shape index (κ2) is 8.74. The average Bonchev–Trinajstić information content (AvgIpc) is 2.98. The van der Waals surface area contributed by atoms with Gasteiger partial charge in [-0.05, 0) is 24.4 Å². The molecule has 2 rings (SSSR count). The lowest BCUT2D eigenvalue weighted by atomic mass is 10.2. The van der Waals surface area contributed by atoms with E-state index >= 15 is 0 Å². The van der Waals surface area contributed by atoms with Crippen LogP contribution in [-0.4, -0.2) is 19.8 Å². The van der Waals surface area contributed by atoms with E-state index in [4.69, 9.17) is 9.47 Å². The Balaban J connectivity index is 1.80. The second-order valence-corrected chi connectivity index (χ2v) is 5.37. The van der Waals surface area contributed by atoms with E-state index in [-0.39, 0.29) is 0 Å². The summed E-state index contributed by atoms with van der Waals surface area (Å²) < 4.78 is 11.1. The normalized spacial score (nSPS) is 10.7. The molecule has 0 saturated heterocycles. The lowest BCUT2D eigenvalue weighted by molar-refractivity contribution is 0.110. The van der Waals surface area contributed by atoms with Crippen LogP contribution in [0.15, 0.2) is 41.8 Å². The molecule has 0 aliphatic heterocycles. The maximum Gasteiger partial charge on any atom is 0.123 e. The van der Waals surface area contributed by atoms with Gasteiger partial charge in [0.05, 0.1) is 6.61 Å². The first-order valence-corrected chi connectivity index (χ1v) is 7.79. The van der Waals surface area contributed by atoms with Crippen LogP contribution < -0.4 is 10.1 Å². The van der Waals surface area contributed by atoms with Crippen LogP contribution in [0.5, 0.6) is 5.75 Å². The molecule has 3 nitrogen and oxygen atoms in total. The molecule has 0 saturated carbocycles. The van der Waals surface area contributed by atoms with Crippen LogP contribution in [-0.2, 0) is 17.8 Å². The van der Waals surface area contributed by atoms with Gasteiger partial charge in [0.1, 0.15) is 12.4 Å². The molecule has 0 atom stereocenters. The van der Waals surface area contributed by atoms with E-state index in [9.17, 15) is 0 Å². The van der Waals surface area contributed by atoms with E-state index in [1.54, 1.807) is 11.3 Å². The molecule has 0 aliphatic carbocycles. The van der Waals surface area contributed by atoms with Gasteiger partial charge in [-0.25, -0.2) is 0 Å². The molecule has 108 valence electrons. The van der Waals surface area contributed by atoms with Crippen molar-refractivity contribution in [3.8, 4) is 5.75 Å². The smallest absolute Gasteiger partial charge is 0.123 e. The van der Waals surface area contributed by atoms with Crippen LogP contribution in [0.2, 0.25) is 0 Å². The highest BCUT2D eigenvalue weighted by Crippen LogP contribution is 2.18. The van der Waals surface area contributed by atoms with Gasteiger partial charge in [-0.3, -0.25) is 0 Å². The monoisotopic (exact) mass is 291 g/mol. The van der Waals surface area contributed by atoms with Gasteiger partial charge in [-0.15, -0.1) is 11.3 Å². The predicted octanol–water partition coefficient (Wildman–Crippen LogP) is 3.45. The van der Waals surface area contributed by atoms with Crippen molar-refractivity contribution in [1.82, 2.24) is 5.32 Å². The van der Waals surface area contributed by atoms with Crippen molar-refractivity contribution in [2.45, 2.75) is 20.0 Å². The molecule has 0 aliphatic rings. The van der Waals surface area contributed by atoms with Crippen LogP contribution >= 0.6 is 11.3 Å². The molecule has 1 N–H and O–H groups in total. The molecule has 20 heavy (non-hydrogen) atoms. The summed E-state index contributed by atoms with van der Waals surface area (Å²) in [6.07, 6.45) is 0. The van der Waals surface area contributed by atoms with Gasteiger partial charge in [0, 0.05) is 30.1 Å². The zero-order chi connectivity index (χ0) is 14.0. The van der Waals surface area contributed by atoms with Crippen LogP contribution in [0.1, 0.15) is 17.4 Å². The highest BCUT2D eigenvalue weighted by atomic mass is 32.1. The number of para-hydroxylation sites is 1. The first-order chi connectivity index (χ1) is 9.90. The SMILES string of the molecule is CCOCCOc1ccccc1CNCc1cccs1. The highest BCUT2D eigenvalue weighted by Gasteiger charge is 2.03. The minimum absolute atomic E-state index is 0.593. The fourth-order valence-corrected chi connectivity index (χ4v) is 2.55. The van der Waals surface area contributed by atoms with Crippen molar-refractivity contribution in [3.63, 3.8) is 0 Å². The van der Waals surface area contributed by atoms with E-state index in [2.05, 4.69) is 28.9 Å².